The molecule has 0 saturated heterocycles. The standard InChI is InChI=1S/C20H33FO/c21-20-16-14-19(15-17-20)13-11-9-7-5-3-1-2-4-6-8-10-12-18-22/h14-17,22H,1-13,18H2. The molecule has 0 bridgehead atoms. The molecule has 1 aromatic rings. The number of hydrogen-bond donors (Lipinski definition) is 1. The Hall–Kier alpha value is -0.890. The summed E-state index contributed by atoms with van der Waals surface area (Å²) >= 11 is 0. The van der Waals surface area contributed by atoms with Gasteiger partial charge in [0.25, 0.3) is 0 Å². The number of rotatable bonds is 14. The van der Waals surface area contributed by atoms with Crippen LogP contribution in [-0.4, -0.2) is 11.7 Å². The second kappa shape index (κ2) is 13.8. The van der Waals surface area contributed by atoms with Crippen molar-refractivity contribution in [3.63, 3.8) is 0 Å². The summed E-state index contributed by atoms with van der Waals surface area (Å²) in [7, 11) is 0. The molecule has 0 atom stereocenters. The summed E-state index contributed by atoms with van der Waals surface area (Å²) in [4.78, 5) is 0. The zero-order valence-corrected chi connectivity index (χ0v) is 14.0. The minimum Gasteiger partial charge on any atom is -0.396 e. The van der Waals surface area contributed by atoms with E-state index in [4.69, 9.17) is 5.11 Å². The van der Waals surface area contributed by atoms with E-state index in [1.54, 1.807) is 12.1 Å². The summed E-state index contributed by atoms with van der Waals surface area (Å²) < 4.78 is 12.8. The maximum Gasteiger partial charge on any atom is 0.123 e. The lowest BCUT2D eigenvalue weighted by Crippen LogP contribution is -1.87. The Bertz CT molecular complexity index is 347. The van der Waals surface area contributed by atoms with Crippen molar-refractivity contribution in [3.8, 4) is 0 Å². The first-order valence-corrected chi connectivity index (χ1v) is 9.18. The Morgan fingerprint density at radius 1 is 0.591 bits per heavy atom. The van der Waals surface area contributed by atoms with E-state index < -0.39 is 0 Å². The summed E-state index contributed by atoms with van der Waals surface area (Å²) in [6, 6.07) is 6.91. The molecule has 0 aliphatic carbocycles. The van der Waals surface area contributed by atoms with Crippen LogP contribution in [0, 0.1) is 5.82 Å². The van der Waals surface area contributed by atoms with Gasteiger partial charge in [-0.25, -0.2) is 4.39 Å². The van der Waals surface area contributed by atoms with Crippen molar-refractivity contribution in [1.82, 2.24) is 0 Å². The summed E-state index contributed by atoms with van der Waals surface area (Å²) in [6.07, 6.45) is 16.5. The summed E-state index contributed by atoms with van der Waals surface area (Å²) in [6.45, 7) is 0.348. The lowest BCUT2D eigenvalue weighted by atomic mass is 10.0. The number of aliphatic hydroxyl groups excluding tert-OH is 1. The number of benzene rings is 1. The van der Waals surface area contributed by atoms with Gasteiger partial charge in [0.2, 0.25) is 0 Å². The fourth-order valence-electron chi connectivity index (χ4n) is 2.86. The largest absolute Gasteiger partial charge is 0.396 e. The predicted octanol–water partition coefficient (Wildman–Crippen LogP) is 6.04. The lowest BCUT2D eigenvalue weighted by molar-refractivity contribution is 0.282. The Balaban J connectivity index is 1.79. The molecule has 1 aromatic carbocycles. The number of unbranched alkanes of at least 4 members (excludes halogenated alkanes) is 11. The highest BCUT2D eigenvalue weighted by atomic mass is 19.1. The SMILES string of the molecule is OCCCCCCCCCCCCCCc1ccc(F)cc1. The van der Waals surface area contributed by atoms with E-state index in [1.807, 2.05) is 12.1 Å². The quantitative estimate of drug-likeness (QED) is 0.415. The van der Waals surface area contributed by atoms with Crippen molar-refractivity contribution in [3.05, 3.63) is 35.6 Å². The van der Waals surface area contributed by atoms with Crippen molar-refractivity contribution < 1.29 is 9.50 Å². The molecule has 126 valence electrons. The van der Waals surface area contributed by atoms with Crippen molar-refractivity contribution >= 4 is 0 Å². The second-order valence-electron chi connectivity index (χ2n) is 6.34. The highest BCUT2D eigenvalue weighted by Crippen LogP contribution is 2.13. The zero-order chi connectivity index (χ0) is 15.9. The number of aliphatic hydroxyl groups is 1. The molecule has 22 heavy (non-hydrogen) atoms. The molecular formula is C20H33FO. The molecule has 1 nitrogen and oxygen atoms in total. The van der Waals surface area contributed by atoms with Crippen LogP contribution in [0.15, 0.2) is 24.3 Å². The first-order valence-electron chi connectivity index (χ1n) is 9.18. The third kappa shape index (κ3) is 10.8. The number of hydrogen-bond acceptors (Lipinski definition) is 1. The van der Waals surface area contributed by atoms with E-state index in [9.17, 15) is 4.39 Å². The Morgan fingerprint density at radius 3 is 1.45 bits per heavy atom. The smallest absolute Gasteiger partial charge is 0.123 e. The topological polar surface area (TPSA) is 20.2 Å². The fourth-order valence-corrected chi connectivity index (χ4v) is 2.86. The van der Waals surface area contributed by atoms with Gasteiger partial charge >= 0.3 is 0 Å². The first-order chi connectivity index (χ1) is 10.8. The van der Waals surface area contributed by atoms with Gasteiger partial charge in [-0.05, 0) is 37.0 Å². The molecule has 0 fully saturated rings. The molecule has 1 N–H and O–H groups in total. The van der Waals surface area contributed by atoms with Crippen LogP contribution in [0.1, 0.15) is 82.6 Å². The highest BCUT2D eigenvalue weighted by Gasteiger charge is 1.96. The van der Waals surface area contributed by atoms with Gasteiger partial charge in [-0.1, -0.05) is 76.3 Å². The van der Waals surface area contributed by atoms with Crippen molar-refractivity contribution in [2.24, 2.45) is 0 Å². The number of aryl methyl sites for hydroxylation is 1. The molecule has 0 aliphatic rings. The molecule has 0 saturated carbocycles. The van der Waals surface area contributed by atoms with Crippen LogP contribution in [-0.2, 0) is 6.42 Å². The van der Waals surface area contributed by atoms with E-state index in [-0.39, 0.29) is 5.82 Å². The summed E-state index contributed by atoms with van der Waals surface area (Å²) in [5, 5.41) is 8.69. The van der Waals surface area contributed by atoms with Gasteiger partial charge in [0.1, 0.15) is 5.82 Å². The van der Waals surface area contributed by atoms with Crippen LogP contribution in [0.3, 0.4) is 0 Å². The molecule has 0 aromatic heterocycles. The zero-order valence-electron chi connectivity index (χ0n) is 14.0. The molecule has 0 aliphatic heterocycles. The molecular weight excluding hydrogens is 275 g/mol. The van der Waals surface area contributed by atoms with Crippen molar-refractivity contribution in [1.29, 1.82) is 0 Å². The van der Waals surface area contributed by atoms with E-state index in [0.717, 1.165) is 12.8 Å². The molecule has 2 heteroatoms. The summed E-state index contributed by atoms with van der Waals surface area (Å²) in [5.41, 5.74) is 1.25. The Morgan fingerprint density at radius 2 is 1.00 bits per heavy atom. The van der Waals surface area contributed by atoms with Crippen molar-refractivity contribution in [2.45, 2.75) is 83.5 Å². The van der Waals surface area contributed by atoms with Crippen LogP contribution in [0.4, 0.5) is 4.39 Å². The number of halogens is 1. The fraction of sp³-hybridized carbons (Fsp3) is 0.700. The van der Waals surface area contributed by atoms with Gasteiger partial charge < -0.3 is 5.11 Å². The predicted molar refractivity (Wildman–Crippen MR) is 92.6 cm³/mol. The van der Waals surface area contributed by atoms with E-state index in [0.29, 0.717) is 6.61 Å². The molecule has 0 amide bonds. The van der Waals surface area contributed by atoms with Gasteiger partial charge in [0.05, 0.1) is 0 Å². The second-order valence-corrected chi connectivity index (χ2v) is 6.34. The highest BCUT2D eigenvalue weighted by molar-refractivity contribution is 5.15. The summed E-state index contributed by atoms with van der Waals surface area (Å²) in [5.74, 6) is -0.142. The van der Waals surface area contributed by atoms with Crippen LogP contribution in [0.2, 0.25) is 0 Å². The minimum absolute atomic E-state index is 0.142. The van der Waals surface area contributed by atoms with Gasteiger partial charge in [0.15, 0.2) is 0 Å². The van der Waals surface area contributed by atoms with E-state index >= 15 is 0 Å². The van der Waals surface area contributed by atoms with Gasteiger partial charge in [-0.15, -0.1) is 0 Å². The Labute approximate surface area is 136 Å². The van der Waals surface area contributed by atoms with Crippen LogP contribution >= 0.6 is 0 Å². The maximum absolute atomic E-state index is 12.8. The molecule has 0 spiro atoms. The van der Waals surface area contributed by atoms with Gasteiger partial charge in [0, 0.05) is 6.61 Å². The van der Waals surface area contributed by atoms with Crippen LogP contribution < -0.4 is 0 Å². The lowest BCUT2D eigenvalue weighted by Gasteiger charge is -2.03. The molecule has 0 heterocycles. The average Bonchev–Trinajstić information content (AvgIpc) is 2.53. The van der Waals surface area contributed by atoms with Crippen LogP contribution in [0.5, 0.6) is 0 Å². The molecule has 0 unspecified atom stereocenters. The normalized spacial score (nSPS) is 11.0. The van der Waals surface area contributed by atoms with Gasteiger partial charge in [-0.3, -0.25) is 0 Å². The third-order valence-corrected chi connectivity index (χ3v) is 4.29. The monoisotopic (exact) mass is 308 g/mol. The van der Waals surface area contributed by atoms with E-state index in [1.165, 1.54) is 76.2 Å². The first kappa shape index (κ1) is 19.2. The molecule has 0 radical (unpaired) electrons. The minimum atomic E-state index is -0.142. The van der Waals surface area contributed by atoms with Gasteiger partial charge in [-0.2, -0.15) is 0 Å². The van der Waals surface area contributed by atoms with Crippen molar-refractivity contribution in [2.75, 3.05) is 6.61 Å². The maximum atomic E-state index is 12.8. The Kier molecular flexibility index (Phi) is 12.0. The van der Waals surface area contributed by atoms with Crippen LogP contribution in [0.25, 0.3) is 0 Å². The molecule has 1 rings (SSSR count). The average molecular weight is 308 g/mol. The van der Waals surface area contributed by atoms with E-state index in [2.05, 4.69) is 0 Å². The third-order valence-electron chi connectivity index (χ3n) is 4.29.